The van der Waals surface area contributed by atoms with Gasteiger partial charge < -0.3 is 0 Å². The third kappa shape index (κ3) is 7.77. The Labute approximate surface area is 331 Å². The van der Waals surface area contributed by atoms with Crippen LogP contribution in [-0.4, -0.2) is 10.2 Å². The summed E-state index contributed by atoms with van der Waals surface area (Å²) in [6.45, 7) is 0.156. The van der Waals surface area contributed by atoms with Crippen molar-refractivity contribution in [2.45, 2.75) is 12.1 Å². The van der Waals surface area contributed by atoms with Crippen molar-refractivity contribution in [2.75, 3.05) is 0 Å². The van der Waals surface area contributed by atoms with Crippen LogP contribution in [0.1, 0.15) is 6.92 Å². The highest BCUT2D eigenvalue weighted by Gasteiger charge is 2.43. The standard InChI is InChI=1S/C51H44P4/c1-42(55(48-36-20-7-21-37-48,49-38-22-8-23-39-49)50-40-24-9-25-41-50)52(43-26-10-2-11-27-43)51(53(44-28-12-3-13-29-44)45-30-14-4-15-31-45)54(46-32-16-5-17-33-46)47-34-18-6-19-35-47/h2-41,51H,1H3. The van der Waals surface area contributed by atoms with Crippen molar-refractivity contribution in [3.63, 3.8) is 0 Å². The van der Waals surface area contributed by atoms with Gasteiger partial charge in [-0.25, -0.2) is 0 Å². The summed E-state index contributed by atoms with van der Waals surface area (Å²) >= 11 is 0. The molecule has 0 aliphatic carbocycles. The highest BCUT2D eigenvalue weighted by molar-refractivity contribution is 8.15. The molecule has 8 aromatic rings. The van der Waals surface area contributed by atoms with E-state index < -0.39 is 30.7 Å². The first-order valence-corrected chi connectivity index (χ1v) is 24.8. The molecule has 0 saturated heterocycles. The van der Waals surface area contributed by atoms with E-state index in [1.165, 1.54) is 42.4 Å². The number of hydrogen-bond acceptors (Lipinski definition) is 0. The lowest BCUT2D eigenvalue weighted by atomic mass is 10.4. The van der Waals surface area contributed by atoms with Crippen molar-refractivity contribution in [1.29, 1.82) is 0 Å². The van der Waals surface area contributed by atoms with E-state index in [-0.39, 0.29) is 5.14 Å². The zero-order valence-electron chi connectivity index (χ0n) is 31.0. The number of benzene rings is 8. The van der Waals surface area contributed by atoms with Crippen molar-refractivity contribution in [3.05, 3.63) is 243 Å². The maximum absolute atomic E-state index is 2.56. The summed E-state index contributed by atoms with van der Waals surface area (Å²) in [5.41, 5.74) is 0. The average molecular weight is 781 g/mol. The molecule has 8 aromatic carbocycles. The lowest BCUT2D eigenvalue weighted by Gasteiger charge is -2.44. The maximum atomic E-state index is 2.56. The maximum Gasteiger partial charge on any atom is 0.0433 e. The van der Waals surface area contributed by atoms with Crippen LogP contribution in [0.5, 0.6) is 0 Å². The molecule has 268 valence electrons. The predicted octanol–water partition coefficient (Wildman–Crippen LogP) is 10.5. The number of hydrogen-bond donors (Lipinski definition) is 0. The zero-order chi connectivity index (χ0) is 37.3. The van der Waals surface area contributed by atoms with Crippen molar-refractivity contribution in [2.24, 2.45) is 0 Å². The molecule has 0 aromatic heterocycles. The molecule has 0 bridgehead atoms. The van der Waals surface area contributed by atoms with Crippen molar-refractivity contribution < 1.29 is 0 Å². The first-order chi connectivity index (χ1) is 27.3. The summed E-state index contributed by atoms with van der Waals surface area (Å²) in [4.78, 5) is 0. The average Bonchev–Trinajstić information content (AvgIpc) is 3.27. The van der Waals surface area contributed by atoms with Gasteiger partial charge in [-0.1, -0.05) is 243 Å². The van der Waals surface area contributed by atoms with Crippen LogP contribution in [0, 0.1) is 0 Å². The molecule has 1 unspecified atom stereocenters. The molecule has 0 spiro atoms. The molecule has 8 rings (SSSR count). The summed E-state index contributed by atoms with van der Waals surface area (Å²) in [6.07, 6.45) is 0. The van der Waals surface area contributed by atoms with Gasteiger partial charge >= 0.3 is 0 Å². The van der Waals surface area contributed by atoms with E-state index in [4.69, 9.17) is 0 Å². The van der Waals surface area contributed by atoms with Crippen molar-refractivity contribution in [3.8, 4) is 0 Å². The summed E-state index contributed by atoms with van der Waals surface area (Å²) < 4.78 is 0. The van der Waals surface area contributed by atoms with Gasteiger partial charge in [0.15, 0.2) is 0 Å². The van der Waals surface area contributed by atoms with Crippen LogP contribution in [0.4, 0.5) is 0 Å². The largest absolute Gasteiger partial charge is 0.0622 e. The molecule has 4 heteroatoms. The topological polar surface area (TPSA) is 0 Å². The fourth-order valence-corrected chi connectivity index (χ4v) is 28.1. The molecule has 55 heavy (non-hydrogen) atoms. The van der Waals surface area contributed by atoms with Crippen LogP contribution in [0.2, 0.25) is 0 Å². The summed E-state index contributed by atoms with van der Waals surface area (Å²) in [5, 5.41) is 13.2. The third-order valence-electron chi connectivity index (χ3n) is 10.1. The van der Waals surface area contributed by atoms with E-state index >= 15 is 0 Å². The van der Waals surface area contributed by atoms with Crippen molar-refractivity contribution in [1.82, 2.24) is 0 Å². The molecule has 0 amide bonds. The number of rotatable bonds is 12. The Morgan fingerprint density at radius 1 is 0.309 bits per heavy atom. The Kier molecular flexibility index (Phi) is 12.1. The Balaban J connectivity index is 1.59. The Morgan fingerprint density at radius 3 is 0.782 bits per heavy atom. The van der Waals surface area contributed by atoms with E-state index in [0.717, 1.165) is 0 Å². The molecule has 0 N–H and O–H groups in total. The van der Waals surface area contributed by atoms with Gasteiger partial charge in [-0.3, -0.25) is 0 Å². The zero-order valence-corrected chi connectivity index (χ0v) is 34.5. The van der Waals surface area contributed by atoms with E-state index in [0.29, 0.717) is 0 Å². The minimum atomic E-state index is -2.40. The Morgan fingerprint density at radius 2 is 0.527 bits per heavy atom. The first kappa shape index (κ1) is 37.3. The van der Waals surface area contributed by atoms with Gasteiger partial charge in [0.25, 0.3) is 0 Å². The van der Waals surface area contributed by atoms with Gasteiger partial charge in [-0.15, -0.1) is 0 Å². The van der Waals surface area contributed by atoms with Gasteiger partial charge in [0.2, 0.25) is 0 Å². The van der Waals surface area contributed by atoms with Gasteiger partial charge in [0.05, 0.1) is 0 Å². The second-order valence-corrected chi connectivity index (χ2v) is 25.5. The van der Waals surface area contributed by atoms with Crippen molar-refractivity contribution >= 4 is 78.1 Å². The van der Waals surface area contributed by atoms with Gasteiger partial charge in [-0.2, -0.15) is 0 Å². The van der Waals surface area contributed by atoms with E-state index in [2.05, 4.69) is 250 Å². The van der Waals surface area contributed by atoms with Crippen LogP contribution in [0.3, 0.4) is 0 Å². The monoisotopic (exact) mass is 780 g/mol. The highest BCUT2D eigenvalue weighted by atomic mass is 31.2. The van der Waals surface area contributed by atoms with Crippen LogP contribution in [0.25, 0.3) is 0 Å². The van der Waals surface area contributed by atoms with E-state index in [9.17, 15) is 0 Å². The Hall–Kier alpha value is -4.65. The molecule has 0 aliphatic rings. The first-order valence-electron chi connectivity index (χ1n) is 18.8. The molecular weight excluding hydrogens is 736 g/mol. The molecule has 0 saturated carbocycles. The molecule has 1 atom stereocenters. The van der Waals surface area contributed by atoms with Crippen LogP contribution in [-0.2, 0) is 0 Å². The van der Waals surface area contributed by atoms with Gasteiger partial charge in [-0.05, 0) is 85.0 Å². The van der Waals surface area contributed by atoms with Crippen LogP contribution >= 0.6 is 30.7 Å². The predicted molar refractivity (Wildman–Crippen MR) is 251 cm³/mol. The third-order valence-corrected chi connectivity index (χ3v) is 26.4. The Bertz CT molecular complexity index is 2160. The quantitative estimate of drug-likeness (QED) is 0.108. The molecule has 0 heterocycles. The van der Waals surface area contributed by atoms with E-state index in [1.807, 2.05) is 0 Å². The van der Waals surface area contributed by atoms with Gasteiger partial charge in [0, 0.05) is 5.14 Å². The molecular formula is C51H44P4. The summed E-state index contributed by atoms with van der Waals surface area (Å²) in [7, 11) is -2.78. The SMILES string of the molecule is CC(P(c1ccccc1)C(P(c1ccccc1)c1ccccc1)P(c1ccccc1)c1ccccc1)=P(c1ccccc1)(c1ccccc1)c1ccccc1. The second kappa shape index (κ2) is 17.9. The van der Waals surface area contributed by atoms with Crippen LogP contribution in [0.15, 0.2) is 243 Å². The molecule has 0 aliphatic heterocycles. The smallest absolute Gasteiger partial charge is 0.0433 e. The lowest BCUT2D eigenvalue weighted by Crippen LogP contribution is -2.34. The summed E-state index contributed by atoms with van der Waals surface area (Å²) in [6, 6.07) is 91.8. The highest BCUT2D eigenvalue weighted by Crippen LogP contribution is 2.72. The fraction of sp³-hybridized carbons (Fsp3) is 0.0392. The molecule has 0 radical (unpaired) electrons. The van der Waals surface area contributed by atoms with Crippen LogP contribution < -0.4 is 42.4 Å². The fourth-order valence-electron chi connectivity index (χ4n) is 7.73. The minimum Gasteiger partial charge on any atom is -0.0622 e. The van der Waals surface area contributed by atoms with E-state index in [1.54, 1.807) is 5.03 Å². The summed E-state index contributed by atoms with van der Waals surface area (Å²) in [5.74, 6) is 0. The second-order valence-electron chi connectivity index (χ2n) is 13.4. The minimum absolute atomic E-state index is 0.257. The lowest BCUT2D eigenvalue weighted by molar-refractivity contribution is 1.70. The van der Waals surface area contributed by atoms with Gasteiger partial charge in [0.1, 0.15) is 0 Å². The molecule has 0 fully saturated rings. The normalized spacial score (nSPS) is 12.1. The molecule has 0 nitrogen and oxygen atoms in total.